The third-order valence-electron chi connectivity index (χ3n) is 4.76. The molecule has 2 fully saturated rings. The molecule has 1 aliphatic carbocycles. The Morgan fingerprint density at radius 2 is 2.00 bits per heavy atom. The minimum absolute atomic E-state index is 0.346. The van der Waals surface area contributed by atoms with Gasteiger partial charge in [-0.3, -0.25) is 4.68 Å². The molecule has 4 heteroatoms. The average Bonchev–Trinajstić information content (AvgIpc) is 3.13. The second kappa shape index (κ2) is 6.49. The Balaban J connectivity index is 1.74. The summed E-state index contributed by atoms with van der Waals surface area (Å²) in [6, 6.07) is 0.752. The second-order valence-electron chi connectivity index (χ2n) is 6.56. The van der Waals surface area contributed by atoms with E-state index >= 15 is 0 Å². The lowest BCUT2D eigenvalue weighted by Crippen LogP contribution is -2.20. The zero-order valence-electron chi connectivity index (χ0n) is 13.7. The van der Waals surface area contributed by atoms with E-state index in [1.54, 1.807) is 0 Å². The zero-order valence-corrected chi connectivity index (χ0v) is 13.7. The van der Waals surface area contributed by atoms with E-state index in [0.717, 1.165) is 32.0 Å². The molecule has 1 saturated heterocycles. The van der Waals surface area contributed by atoms with Crippen molar-refractivity contribution in [3.8, 4) is 0 Å². The first-order valence-electron chi connectivity index (χ1n) is 8.67. The van der Waals surface area contributed by atoms with E-state index in [9.17, 15) is 0 Å². The topological polar surface area (TPSA) is 39.1 Å². The van der Waals surface area contributed by atoms with Crippen molar-refractivity contribution in [2.45, 2.75) is 90.6 Å². The van der Waals surface area contributed by atoms with E-state index in [2.05, 4.69) is 30.8 Å². The molecule has 1 saturated carbocycles. The van der Waals surface area contributed by atoms with Gasteiger partial charge in [0.1, 0.15) is 0 Å². The van der Waals surface area contributed by atoms with Gasteiger partial charge in [-0.05, 0) is 45.4 Å². The second-order valence-corrected chi connectivity index (χ2v) is 6.56. The molecule has 118 valence electrons. The first-order valence-corrected chi connectivity index (χ1v) is 8.67. The number of nitrogens with one attached hydrogen (secondary N) is 1. The van der Waals surface area contributed by atoms with Crippen molar-refractivity contribution < 1.29 is 4.74 Å². The van der Waals surface area contributed by atoms with Gasteiger partial charge >= 0.3 is 0 Å². The lowest BCUT2D eigenvalue weighted by molar-refractivity contribution is 0.0431. The molecule has 2 unspecified atom stereocenters. The summed E-state index contributed by atoms with van der Waals surface area (Å²) in [6.45, 7) is 8.53. The fourth-order valence-corrected chi connectivity index (χ4v) is 3.37. The van der Waals surface area contributed by atoms with E-state index in [0.29, 0.717) is 12.2 Å². The first kappa shape index (κ1) is 15.0. The third-order valence-corrected chi connectivity index (χ3v) is 4.76. The lowest BCUT2D eigenvalue weighted by atomic mass is 10.1. The van der Waals surface area contributed by atoms with Gasteiger partial charge < -0.3 is 10.1 Å². The molecule has 21 heavy (non-hydrogen) atoms. The first-order chi connectivity index (χ1) is 10.2. The maximum Gasteiger partial charge on any atom is 0.0775 e. The van der Waals surface area contributed by atoms with E-state index in [1.165, 1.54) is 42.6 Å². The predicted octanol–water partition coefficient (Wildman–Crippen LogP) is 2.83. The molecule has 0 amide bonds. The van der Waals surface area contributed by atoms with E-state index in [1.807, 2.05) is 0 Å². The number of ether oxygens (including phenoxy) is 1. The third kappa shape index (κ3) is 3.49. The summed E-state index contributed by atoms with van der Waals surface area (Å²) in [5, 5.41) is 8.53. The summed E-state index contributed by atoms with van der Waals surface area (Å²) in [4.78, 5) is 0. The van der Waals surface area contributed by atoms with Crippen LogP contribution in [0.1, 0.15) is 63.4 Å². The Bertz CT molecular complexity index is 479. The molecule has 1 aromatic rings. The van der Waals surface area contributed by atoms with E-state index in [-0.39, 0.29) is 0 Å². The van der Waals surface area contributed by atoms with Crippen LogP contribution in [0.4, 0.5) is 0 Å². The van der Waals surface area contributed by atoms with Crippen LogP contribution in [0.2, 0.25) is 0 Å². The van der Waals surface area contributed by atoms with Crippen LogP contribution < -0.4 is 5.32 Å². The molecule has 2 heterocycles. The maximum absolute atomic E-state index is 5.98. The summed E-state index contributed by atoms with van der Waals surface area (Å²) in [5.41, 5.74) is 4.12. The summed E-state index contributed by atoms with van der Waals surface area (Å²) < 4.78 is 8.21. The Labute approximate surface area is 128 Å². The highest BCUT2D eigenvalue weighted by Crippen LogP contribution is 2.24. The van der Waals surface area contributed by atoms with Gasteiger partial charge in [0, 0.05) is 23.8 Å². The SMILES string of the molecule is CCc1nn(CC2CCC(C)O2)c(CC)c1CNC1CC1. The highest BCUT2D eigenvalue weighted by Gasteiger charge is 2.26. The Morgan fingerprint density at radius 1 is 1.19 bits per heavy atom. The normalized spacial score (nSPS) is 25.7. The highest BCUT2D eigenvalue weighted by atomic mass is 16.5. The van der Waals surface area contributed by atoms with Gasteiger partial charge in [-0.15, -0.1) is 0 Å². The van der Waals surface area contributed by atoms with Gasteiger partial charge in [-0.25, -0.2) is 0 Å². The maximum atomic E-state index is 5.98. The van der Waals surface area contributed by atoms with Crippen LogP contribution in [0, 0.1) is 0 Å². The highest BCUT2D eigenvalue weighted by molar-refractivity contribution is 5.27. The summed E-state index contributed by atoms with van der Waals surface area (Å²) in [7, 11) is 0. The van der Waals surface area contributed by atoms with Crippen molar-refractivity contribution >= 4 is 0 Å². The number of aryl methyl sites for hydroxylation is 1. The van der Waals surface area contributed by atoms with Crippen LogP contribution in [0.5, 0.6) is 0 Å². The zero-order chi connectivity index (χ0) is 14.8. The summed E-state index contributed by atoms with van der Waals surface area (Å²) >= 11 is 0. The minimum Gasteiger partial charge on any atom is -0.373 e. The molecule has 2 aliphatic rings. The molecular formula is C17H29N3O. The number of rotatable bonds is 7. The fraction of sp³-hybridized carbons (Fsp3) is 0.824. The summed E-state index contributed by atoms with van der Waals surface area (Å²) in [6.07, 6.45) is 7.86. The van der Waals surface area contributed by atoms with E-state index < -0.39 is 0 Å². The molecule has 0 aromatic carbocycles. The number of nitrogens with zero attached hydrogens (tertiary/aromatic N) is 2. The quantitative estimate of drug-likeness (QED) is 0.839. The van der Waals surface area contributed by atoms with Crippen LogP contribution in [-0.2, 0) is 30.7 Å². The number of aromatic nitrogens is 2. The van der Waals surface area contributed by atoms with Gasteiger partial charge in [0.25, 0.3) is 0 Å². The fourth-order valence-electron chi connectivity index (χ4n) is 3.37. The molecule has 1 N–H and O–H groups in total. The Hall–Kier alpha value is -0.870. The molecule has 0 spiro atoms. The molecule has 1 aliphatic heterocycles. The monoisotopic (exact) mass is 291 g/mol. The van der Waals surface area contributed by atoms with Gasteiger partial charge in [0.15, 0.2) is 0 Å². The van der Waals surface area contributed by atoms with Gasteiger partial charge in [-0.1, -0.05) is 13.8 Å². The molecule has 1 aromatic heterocycles. The van der Waals surface area contributed by atoms with Crippen molar-refractivity contribution in [3.63, 3.8) is 0 Å². The number of hydrogen-bond donors (Lipinski definition) is 1. The largest absolute Gasteiger partial charge is 0.373 e. The van der Waals surface area contributed by atoms with Crippen LogP contribution in [0.15, 0.2) is 0 Å². The van der Waals surface area contributed by atoms with Crippen molar-refractivity contribution in [1.82, 2.24) is 15.1 Å². The van der Waals surface area contributed by atoms with Gasteiger partial charge in [0.05, 0.1) is 24.4 Å². The van der Waals surface area contributed by atoms with Gasteiger partial charge in [0.2, 0.25) is 0 Å². The predicted molar refractivity (Wildman–Crippen MR) is 84.4 cm³/mol. The Morgan fingerprint density at radius 3 is 2.57 bits per heavy atom. The number of hydrogen-bond acceptors (Lipinski definition) is 3. The molecule has 3 rings (SSSR count). The van der Waals surface area contributed by atoms with Crippen LogP contribution in [-0.4, -0.2) is 28.0 Å². The minimum atomic E-state index is 0.346. The standard InChI is InChI=1S/C17H29N3O/c1-4-16-15(10-18-13-7-8-13)17(5-2)20(19-16)11-14-9-6-12(3)21-14/h12-14,18H,4-11H2,1-3H3. The molecule has 2 atom stereocenters. The lowest BCUT2D eigenvalue weighted by Gasteiger charge is -2.14. The van der Waals surface area contributed by atoms with E-state index in [4.69, 9.17) is 9.84 Å². The van der Waals surface area contributed by atoms with Crippen LogP contribution in [0.25, 0.3) is 0 Å². The van der Waals surface area contributed by atoms with Crippen molar-refractivity contribution in [2.24, 2.45) is 0 Å². The van der Waals surface area contributed by atoms with Crippen LogP contribution in [0.3, 0.4) is 0 Å². The van der Waals surface area contributed by atoms with Crippen molar-refractivity contribution in [1.29, 1.82) is 0 Å². The van der Waals surface area contributed by atoms with Crippen LogP contribution >= 0.6 is 0 Å². The molecule has 0 bridgehead atoms. The molecule has 4 nitrogen and oxygen atoms in total. The Kier molecular flexibility index (Phi) is 4.65. The smallest absolute Gasteiger partial charge is 0.0775 e. The van der Waals surface area contributed by atoms with Crippen molar-refractivity contribution in [3.05, 3.63) is 17.0 Å². The molecular weight excluding hydrogens is 262 g/mol. The average molecular weight is 291 g/mol. The molecule has 0 radical (unpaired) electrons. The van der Waals surface area contributed by atoms with Gasteiger partial charge in [-0.2, -0.15) is 5.10 Å². The summed E-state index contributed by atoms with van der Waals surface area (Å²) in [5.74, 6) is 0. The van der Waals surface area contributed by atoms with Crippen molar-refractivity contribution in [2.75, 3.05) is 0 Å².